The minimum Gasteiger partial charge on any atom is -0.314 e. The lowest BCUT2D eigenvalue weighted by Gasteiger charge is -2.23. The highest BCUT2D eigenvalue weighted by Gasteiger charge is 2.13. The van der Waals surface area contributed by atoms with Crippen LogP contribution in [0.1, 0.15) is 51.8 Å². The lowest BCUT2D eigenvalue weighted by Crippen LogP contribution is -2.33. The zero-order valence-corrected chi connectivity index (χ0v) is 11.5. The summed E-state index contributed by atoms with van der Waals surface area (Å²) in [6.45, 7) is 6.47. The molecule has 0 amide bonds. The summed E-state index contributed by atoms with van der Waals surface area (Å²) < 4.78 is 1.98. The molecule has 0 spiro atoms. The van der Waals surface area contributed by atoms with Crippen molar-refractivity contribution in [3.8, 4) is 0 Å². The fraction of sp³-hybridized carbons (Fsp3) is 0.714. The summed E-state index contributed by atoms with van der Waals surface area (Å²) in [4.78, 5) is 4.32. The van der Waals surface area contributed by atoms with Gasteiger partial charge in [0.25, 0.3) is 0 Å². The summed E-state index contributed by atoms with van der Waals surface area (Å²) in [7, 11) is 0. The van der Waals surface area contributed by atoms with E-state index in [-0.39, 0.29) is 0 Å². The monoisotopic (exact) mass is 248 g/mol. The molecule has 1 atom stereocenters. The van der Waals surface area contributed by atoms with Gasteiger partial charge in [0.2, 0.25) is 0 Å². The summed E-state index contributed by atoms with van der Waals surface area (Å²) in [6, 6.07) is 0.651. The van der Waals surface area contributed by atoms with E-state index in [9.17, 15) is 0 Å². The molecule has 1 unspecified atom stereocenters. The SMILES string of the molecule is CCCn1ncnc1/C=C(/C)CC1CCCCN1. The van der Waals surface area contributed by atoms with Crippen LogP contribution in [0.3, 0.4) is 0 Å². The Morgan fingerprint density at radius 2 is 2.44 bits per heavy atom. The van der Waals surface area contributed by atoms with Gasteiger partial charge in [-0.3, -0.25) is 0 Å². The van der Waals surface area contributed by atoms with Crippen LogP contribution in [0.5, 0.6) is 0 Å². The first kappa shape index (κ1) is 13.3. The number of aromatic nitrogens is 3. The lowest BCUT2D eigenvalue weighted by atomic mass is 9.98. The molecule has 0 saturated carbocycles. The van der Waals surface area contributed by atoms with Crippen molar-refractivity contribution in [3.63, 3.8) is 0 Å². The molecular formula is C14H24N4. The van der Waals surface area contributed by atoms with Crippen LogP contribution in [0, 0.1) is 0 Å². The molecule has 100 valence electrons. The standard InChI is InChI=1S/C14H24N4/c1-3-8-18-14(16-11-17-18)10-12(2)9-13-6-4-5-7-15-13/h10-11,13,15H,3-9H2,1-2H3/b12-10-. The summed E-state index contributed by atoms with van der Waals surface area (Å²) in [5.41, 5.74) is 1.39. The number of aryl methyl sites for hydroxylation is 1. The van der Waals surface area contributed by atoms with E-state index >= 15 is 0 Å². The fourth-order valence-electron chi connectivity index (χ4n) is 2.54. The van der Waals surface area contributed by atoms with E-state index < -0.39 is 0 Å². The number of rotatable bonds is 5. The first-order valence-electron chi connectivity index (χ1n) is 7.08. The minimum atomic E-state index is 0.651. The summed E-state index contributed by atoms with van der Waals surface area (Å²) in [5.74, 6) is 0.991. The van der Waals surface area contributed by atoms with Gasteiger partial charge in [-0.05, 0) is 45.2 Å². The number of hydrogen-bond donors (Lipinski definition) is 1. The molecule has 2 rings (SSSR count). The average molecular weight is 248 g/mol. The first-order chi connectivity index (χ1) is 8.79. The quantitative estimate of drug-likeness (QED) is 0.871. The van der Waals surface area contributed by atoms with Crippen LogP contribution < -0.4 is 5.32 Å². The van der Waals surface area contributed by atoms with Gasteiger partial charge in [0.15, 0.2) is 5.82 Å². The summed E-state index contributed by atoms with van der Waals surface area (Å²) in [5, 5.41) is 7.84. The number of nitrogens with one attached hydrogen (secondary N) is 1. The van der Waals surface area contributed by atoms with E-state index in [1.165, 1.54) is 31.4 Å². The molecule has 1 aliphatic rings. The Labute approximate surface area is 109 Å². The Morgan fingerprint density at radius 1 is 1.56 bits per heavy atom. The molecular weight excluding hydrogens is 224 g/mol. The predicted octanol–water partition coefficient (Wildman–Crippen LogP) is 2.62. The Hall–Kier alpha value is -1.16. The molecule has 4 nitrogen and oxygen atoms in total. The van der Waals surface area contributed by atoms with Gasteiger partial charge in [0.05, 0.1) is 0 Å². The fourth-order valence-corrected chi connectivity index (χ4v) is 2.54. The smallest absolute Gasteiger partial charge is 0.150 e. The van der Waals surface area contributed by atoms with E-state index in [1.54, 1.807) is 6.33 Å². The molecule has 2 heterocycles. The highest BCUT2D eigenvalue weighted by atomic mass is 15.3. The molecule has 0 bridgehead atoms. The largest absolute Gasteiger partial charge is 0.314 e. The normalized spacial score (nSPS) is 21.2. The number of piperidine rings is 1. The molecule has 1 aromatic rings. The van der Waals surface area contributed by atoms with Crippen molar-refractivity contribution in [1.82, 2.24) is 20.1 Å². The summed E-state index contributed by atoms with van der Waals surface area (Å²) >= 11 is 0. The molecule has 1 N–H and O–H groups in total. The molecule has 1 aromatic heterocycles. The maximum Gasteiger partial charge on any atom is 0.150 e. The maximum atomic E-state index is 4.32. The van der Waals surface area contributed by atoms with Crippen molar-refractivity contribution in [2.45, 2.75) is 58.5 Å². The number of hydrogen-bond acceptors (Lipinski definition) is 3. The van der Waals surface area contributed by atoms with Crippen LogP contribution in [0.15, 0.2) is 11.9 Å². The van der Waals surface area contributed by atoms with Gasteiger partial charge in [-0.1, -0.05) is 18.9 Å². The second-order valence-corrected chi connectivity index (χ2v) is 5.18. The third-order valence-electron chi connectivity index (χ3n) is 3.44. The van der Waals surface area contributed by atoms with Crippen molar-refractivity contribution in [1.29, 1.82) is 0 Å². The zero-order chi connectivity index (χ0) is 12.8. The molecule has 0 aliphatic carbocycles. The average Bonchev–Trinajstić information content (AvgIpc) is 2.78. The molecule has 18 heavy (non-hydrogen) atoms. The third-order valence-corrected chi connectivity index (χ3v) is 3.44. The van der Waals surface area contributed by atoms with Gasteiger partial charge in [-0.15, -0.1) is 0 Å². The Morgan fingerprint density at radius 3 is 3.17 bits per heavy atom. The van der Waals surface area contributed by atoms with Crippen molar-refractivity contribution >= 4 is 6.08 Å². The second kappa shape index (κ2) is 6.69. The molecule has 1 fully saturated rings. The molecule has 0 radical (unpaired) electrons. The van der Waals surface area contributed by atoms with Crippen LogP contribution in [0.2, 0.25) is 0 Å². The van der Waals surface area contributed by atoms with Crippen LogP contribution >= 0.6 is 0 Å². The second-order valence-electron chi connectivity index (χ2n) is 5.18. The van der Waals surface area contributed by atoms with Crippen molar-refractivity contribution in [2.75, 3.05) is 6.54 Å². The van der Waals surface area contributed by atoms with Crippen LogP contribution in [-0.2, 0) is 6.54 Å². The van der Waals surface area contributed by atoms with Crippen LogP contribution in [0.25, 0.3) is 6.08 Å². The van der Waals surface area contributed by atoms with Gasteiger partial charge in [-0.25, -0.2) is 9.67 Å². The van der Waals surface area contributed by atoms with E-state index in [2.05, 4.69) is 35.3 Å². The van der Waals surface area contributed by atoms with E-state index in [4.69, 9.17) is 0 Å². The lowest BCUT2D eigenvalue weighted by molar-refractivity contribution is 0.399. The Bertz CT molecular complexity index is 388. The minimum absolute atomic E-state index is 0.651. The van der Waals surface area contributed by atoms with Crippen molar-refractivity contribution in [2.24, 2.45) is 0 Å². The first-order valence-corrected chi connectivity index (χ1v) is 7.08. The van der Waals surface area contributed by atoms with Crippen LogP contribution in [0.4, 0.5) is 0 Å². The zero-order valence-electron chi connectivity index (χ0n) is 11.5. The number of nitrogens with zero attached hydrogens (tertiary/aromatic N) is 3. The van der Waals surface area contributed by atoms with E-state index in [1.807, 2.05) is 4.68 Å². The summed E-state index contributed by atoms with van der Waals surface area (Å²) in [6.07, 6.45) is 10.0. The Kier molecular flexibility index (Phi) is 4.93. The highest BCUT2D eigenvalue weighted by molar-refractivity contribution is 5.44. The van der Waals surface area contributed by atoms with Gasteiger partial charge >= 0.3 is 0 Å². The van der Waals surface area contributed by atoms with Gasteiger partial charge in [-0.2, -0.15) is 5.10 Å². The molecule has 1 aliphatic heterocycles. The van der Waals surface area contributed by atoms with Crippen molar-refractivity contribution < 1.29 is 0 Å². The predicted molar refractivity (Wildman–Crippen MR) is 74.2 cm³/mol. The third kappa shape index (κ3) is 3.67. The van der Waals surface area contributed by atoms with Gasteiger partial charge in [0.1, 0.15) is 6.33 Å². The molecule has 1 saturated heterocycles. The van der Waals surface area contributed by atoms with Crippen molar-refractivity contribution in [3.05, 3.63) is 17.7 Å². The van der Waals surface area contributed by atoms with E-state index in [0.717, 1.165) is 25.2 Å². The van der Waals surface area contributed by atoms with Crippen LogP contribution in [-0.4, -0.2) is 27.4 Å². The van der Waals surface area contributed by atoms with E-state index in [0.29, 0.717) is 6.04 Å². The van der Waals surface area contributed by atoms with Gasteiger partial charge < -0.3 is 5.32 Å². The Balaban J connectivity index is 1.95. The highest BCUT2D eigenvalue weighted by Crippen LogP contribution is 2.16. The maximum absolute atomic E-state index is 4.32. The molecule has 4 heteroatoms. The molecule has 0 aromatic carbocycles. The van der Waals surface area contributed by atoms with Gasteiger partial charge in [0, 0.05) is 12.6 Å². The topological polar surface area (TPSA) is 42.7 Å².